The molecule has 0 aliphatic carbocycles. The summed E-state index contributed by atoms with van der Waals surface area (Å²) in [6.07, 6.45) is 2.91. The second-order valence-corrected chi connectivity index (χ2v) is 8.15. The maximum absolute atomic E-state index is 6.03. The summed E-state index contributed by atoms with van der Waals surface area (Å²) in [5.41, 5.74) is 6.69. The molecular weight excluding hydrogens is 362 g/mol. The van der Waals surface area contributed by atoms with E-state index in [0.717, 1.165) is 53.4 Å². The zero-order valence-corrected chi connectivity index (χ0v) is 17.0. The van der Waals surface area contributed by atoms with Gasteiger partial charge in [-0.3, -0.25) is 4.98 Å². The summed E-state index contributed by atoms with van der Waals surface area (Å²) in [5.74, 6) is 2.01. The molecular formula is C23H25N5O. The van der Waals surface area contributed by atoms with Gasteiger partial charge in [0.25, 0.3) is 0 Å². The van der Waals surface area contributed by atoms with E-state index in [1.807, 2.05) is 13.1 Å². The molecule has 4 aromatic rings. The van der Waals surface area contributed by atoms with E-state index in [2.05, 4.69) is 69.7 Å². The van der Waals surface area contributed by atoms with Gasteiger partial charge in [0.1, 0.15) is 0 Å². The van der Waals surface area contributed by atoms with Crippen molar-refractivity contribution in [1.82, 2.24) is 25.5 Å². The number of H-pyrrole nitrogens is 1. The number of hydrogen-bond donors (Lipinski definition) is 2. The quantitative estimate of drug-likeness (QED) is 0.526. The first-order valence-corrected chi connectivity index (χ1v) is 10.2. The van der Waals surface area contributed by atoms with Crippen LogP contribution in [0.25, 0.3) is 33.6 Å². The predicted octanol–water partition coefficient (Wildman–Crippen LogP) is 4.79. The number of aromatic nitrogens is 4. The molecule has 29 heavy (non-hydrogen) atoms. The topological polar surface area (TPSA) is 79.6 Å². The molecule has 6 heteroatoms. The van der Waals surface area contributed by atoms with Crippen molar-refractivity contribution in [3.63, 3.8) is 0 Å². The number of nitrogens with zero attached hydrogens (tertiary/aromatic N) is 3. The van der Waals surface area contributed by atoms with Gasteiger partial charge in [0.2, 0.25) is 11.8 Å². The molecule has 4 heterocycles. The third kappa shape index (κ3) is 3.23. The number of aromatic amines is 1. The predicted molar refractivity (Wildman–Crippen MR) is 114 cm³/mol. The second kappa shape index (κ2) is 7.12. The number of nitrogens with one attached hydrogen (secondary N) is 2. The molecule has 2 N–H and O–H groups in total. The third-order valence-corrected chi connectivity index (χ3v) is 5.70. The van der Waals surface area contributed by atoms with Crippen LogP contribution >= 0.6 is 0 Å². The molecule has 0 spiro atoms. The fourth-order valence-electron chi connectivity index (χ4n) is 4.26. The van der Waals surface area contributed by atoms with Gasteiger partial charge in [0.05, 0.1) is 11.6 Å². The highest BCUT2D eigenvalue weighted by Crippen LogP contribution is 2.37. The van der Waals surface area contributed by atoms with Crippen LogP contribution in [0.5, 0.6) is 0 Å². The zero-order chi connectivity index (χ0) is 20.0. The highest BCUT2D eigenvalue weighted by molar-refractivity contribution is 5.93. The molecule has 1 atom stereocenters. The fraction of sp³-hybridized carbons (Fsp3) is 0.348. The van der Waals surface area contributed by atoms with Crippen LogP contribution in [0.4, 0.5) is 0 Å². The van der Waals surface area contributed by atoms with E-state index in [-0.39, 0.29) is 0 Å². The van der Waals surface area contributed by atoms with Gasteiger partial charge in [-0.15, -0.1) is 10.2 Å². The van der Waals surface area contributed by atoms with Crippen molar-refractivity contribution >= 4 is 10.9 Å². The van der Waals surface area contributed by atoms with Gasteiger partial charge in [-0.2, -0.15) is 0 Å². The summed E-state index contributed by atoms with van der Waals surface area (Å²) in [5, 5.41) is 13.2. The lowest BCUT2D eigenvalue weighted by Gasteiger charge is -2.09. The highest BCUT2D eigenvalue weighted by atomic mass is 16.4. The standard InChI is InChI=1S/C23H25N5O/c1-13(2)20-18-11-16(22-27-28-23(29-22)17-6-8-24-12-17)4-5-19(18)26-21(20)15-7-9-25-14(3)10-15/h4-5,7,9-11,13,17,24,26H,6,8,12H2,1-3H3/t17-/m0/s1. The van der Waals surface area contributed by atoms with Crippen LogP contribution in [0.1, 0.15) is 49.3 Å². The van der Waals surface area contributed by atoms with E-state index in [4.69, 9.17) is 4.42 Å². The van der Waals surface area contributed by atoms with Crippen molar-refractivity contribution in [3.05, 3.63) is 53.7 Å². The minimum absolute atomic E-state index is 0.319. The van der Waals surface area contributed by atoms with Gasteiger partial charge in [0, 0.05) is 40.5 Å². The Kier molecular flexibility index (Phi) is 4.43. The summed E-state index contributed by atoms with van der Waals surface area (Å²) >= 11 is 0. The molecule has 0 radical (unpaired) electrons. The Morgan fingerprint density at radius 1 is 1.10 bits per heavy atom. The smallest absolute Gasteiger partial charge is 0.247 e. The Balaban J connectivity index is 1.60. The highest BCUT2D eigenvalue weighted by Gasteiger charge is 2.23. The molecule has 1 aromatic carbocycles. The lowest BCUT2D eigenvalue weighted by atomic mass is 9.95. The molecule has 3 aromatic heterocycles. The molecule has 0 bridgehead atoms. The van der Waals surface area contributed by atoms with E-state index in [9.17, 15) is 0 Å². The normalized spacial score (nSPS) is 16.9. The molecule has 0 amide bonds. The summed E-state index contributed by atoms with van der Waals surface area (Å²) < 4.78 is 6.03. The van der Waals surface area contributed by atoms with Crippen LogP contribution in [0, 0.1) is 6.92 Å². The van der Waals surface area contributed by atoms with Crippen molar-refractivity contribution in [3.8, 4) is 22.7 Å². The van der Waals surface area contributed by atoms with E-state index >= 15 is 0 Å². The molecule has 1 fully saturated rings. The SMILES string of the molecule is Cc1cc(-c2[nH]c3ccc(-c4nnc([C@H]5CCNC5)o4)cc3c2C(C)C)ccn1. The molecule has 0 saturated carbocycles. The van der Waals surface area contributed by atoms with Crippen molar-refractivity contribution < 1.29 is 4.42 Å². The third-order valence-electron chi connectivity index (χ3n) is 5.70. The van der Waals surface area contributed by atoms with Crippen LogP contribution in [-0.4, -0.2) is 33.3 Å². The van der Waals surface area contributed by atoms with E-state index in [0.29, 0.717) is 17.7 Å². The second-order valence-electron chi connectivity index (χ2n) is 8.15. The molecule has 1 aliphatic heterocycles. The first kappa shape index (κ1) is 18.1. The lowest BCUT2D eigenvalue weighted by Crippen LogP contribution is -2.08. The van der Waals surface area contributed by atoms with Crippen molar-refractivity contribution in [2.24, 2.45) is 0 Å². The summed E-state index contributed by atoms with van der Waals surface area (Å²) in [6.45, 7) is 8.39. The number of hydrogen-bond acceptors (Lipinski definition) is 5. The van der Waals surface area contributed by atoms with Gasteiger partial charge < -0.3 is 14.7 Å². The summed E-state index contributed by atoms with van der Waals surface area (Å²) in [6, 6.07) is 10.5. The van der Waals surface area contributed by atoms with Gasteiger partial charge in [-0.25, -0.2) is 0 Å². The van der Waals surface area contributed by atoms with Crippen LogP contribution in [0.15, 0.2) is 40.9 Å². The molecule has 1 saturated heterocycles. The summed E-state index contributed by atoms with van der Waals surface area (Å²) in [4.78, 5) is 7.95. The van der Waals surface area contributed by atoms with E-state index in [1.165, 1.54) is 10.9 Å². The minimum Gasteiger partial charge on any atom is -0.420 e. The zero-order valence-electron chi connectivity index (χ0n) is 17.0. The first-order valence-electron chi connectivity index (χ1n) is 10.2. The lowest BCUT2D eigenvalue weighted by molar-refractivity contribution is 0.467. The van der Waals surface area contributed by atoms with Gasteiger partial charge >= 0.3 is 0 Å². The average molecular weight is 387 g/mol. The van der Waals surface area contributed by atoms with E-state index < -0.39 is 0 Å². The Bertz CT molecular complexity index is 1170. The van der Waals surface area contributed by atoms with Crippen molar-refractivity contribution in [2.75, 3.05) is 13.1 Å². The van der Waals surface area contributed by atoms with Gasteiger partial charge in [-0.05, 0) is 61.7 Å². The maximum Gasteiger partial charge on any atom is 0.247 e. The molecule has 148 valence electrons. The van der Waals surface area contributed by atoms with Crippen LogP contribution in [-0.2, 0) is 0 Å². The monoisotopic (exact) mass is 387 g/mol. The van der Waals surface area contributed by atoms with E-state index in [1.54, 1.807) is 0 Å². The molecule has 6 nitrogen and oxygen atoms in total. The molecule has 5 rings (SSSR count). The largest absolute Gasteiger partial charge is 0.420 e. The minimum atomic E-state index is 0.319. The Labute approximate surface area is 169 Å². The Morgan fingerprint density at radius 3 is 2.76 bits per heavy atom. The first-order chi connectivity index (χ1) is 14.1. The Morgan fingerprint density at radius 2 is 2.00 bits per heavy atom. The Hall–Kier alpha value is -2.99. The van der Waals surface area contributed by atoms with Crippen molar-refractivity contribution in [2.45, 2.75) is 39.0 Å². The number of rotatable bonds is 4. The van der Waals surface area contributed by atoms with Gasteiger partial charge in [0.15, 0.2) is 0 Å². The number of benzene rings is 1. The molecule has 1 aliphatic rings. The van der Waals surface area contributed by atoms with Crippen LogP contribution in [0.2, 0.25) is 0 Å². The summed E-state index contributed by atoms with van der Waals surface area (Å²) in [7, 11) is 0. The number of fused-ring (bicyclic) bond motifs is 1. The average Bonchev–Trinajstić information content (AvgIpc) is 3.45. The van der Waals surface area contributed by atoms with Gasteiger partial charge in [-0.1, -0.05) is 13.8 Å². The number of pyridine rings is 1. The van der Waals surface area contributed by atoms with Crippen LogP contribution < -0.4 is 5.32 Å². The maximum atomic E-state index is 6.03. The van der Waals surface area contributed by atoms with Crippen LogP contribution in [0.3, 0.4) is 0 Å². The van der Waals surface area contributed by atoms with Crippen molar-refractivity contribution in [1.29, 1.82) is 0 Å². The fourth-order valence-corrected chi connectivity index (χ4v) is 4.26. The molecule has 0 unspecified atom stereocenters. The number of aryl methyl sites for hydroxylation is 1.